The normalized spacial score (nSPS) is 16.5. The van der Waals surface area contributed by atoms with Gasteiger partial charge in [-0.15, -0.1) is 24.0 Å². The molecule has 0 saturated carbocycles. The van der Waals surface area contributed by atoms with Crippen LogP contribution >= 0.6 is 24.0 Å². The first-order valence-electron chi connectivity index (χ1n) is 10.0. The van der Waals surface area contributed by atoms with E-state index in [2.05, 4.69) is 20.5 Å². The molecule has 0 aromatic heterocycles. The molecule has 0 radical (unpaired) electrons. The van der Waals surface area contributed by atoms with E-state index in [0.717, 1.165) is 48.9 Å². The van der Waals surface area contributed by atoms with Crippen LogP contribution in [0.5, 0.6) is 0 Å². The van der Waals surface area contributed by atoms with Gasteiger partial charge in [-0.1, -0.05) is 30.3 Å². The lowest BCUT2D eigenvalue weighted by Crippen LogP contribution is -2.49. The van der Waals surface area contributed by atoms with Crippen molar-refractivity contribution in [1.82, 2.24) is 15.5 Å². The number of likely N-dealkylation sites (tertiary alicyclic amines) is 1. The zero-order valence-electron chi connectivity index (χ0n) is 17.2. The van der Waals surface area contributed by atoms with Crippen LogP contribution in [0.15, 0.2) is 64.5 Å². The summed E-state index contributed by atoms with van der Waals surface area (Å²) in [6.07, 6.45) is 2.05. The van der Waals surface area contributed by atoms with Crippen molar-refractivity contribution in [2.45, 2.75) is 30.3 Å². The highest BCUT2D eigenvalue weighted by atomic mass is 127. The molecule has 2 N–H and O–H groups in total. The number of piperidine rings is 1. The lowest BCUT2D eigenvalue weighted by molar-refractivity contribution is 0.198. The van der Waals surface area contributed by atoms with Crippen LogP contribution in [0.3, 0.4) is 0 Å². The quantitative estimate of drug-likeness (QED) is 0.319. The Labute approximate surface area is 198 Å². The number of hydrogen-bond acceptors (Lipinski definition) is 3. The zero-order valence-corrected chi connectivity index (χ0v) is 20.4. The van der Waals surface area contributed by atoms with Crippen molar-refractivity contribution in [1.29, 1.82) is 0 Å². The Balaban J connectivity index is 0.00000320. The van der Waals surface area contributed by atoms with Gasteiger partial charge in [0.25, 0.3) is 0 Å². The maximum absolute atomic E-state index is 13.0. The second kappa shape index (κ2) is 13.0. The van der Waals surface area contributed by atoms with Gasteiger partial charge >= 0.3 is 0 Å². The summed E-state index contributed by atoms with van der Waals surface area (Å²) in [4.78, 5) is 7.54. The lowest BCUT2D eigenvalue weighted by atomic mass is 10.0. The summed E-state index contributed by atoms with van der Waals surface area (Å²) >= 11 is 0. The number of guanidine groups is 1. The van der Waals surface area contributed by atoms with Crippen molar-refractivity contribution in [2.24, 2.45) is 4.99 Å². The second-order valence-electron chi connectivity index (χ2n) is 7.18. The molecule has 2 aromatic rings. The Bertz CT molecular complexity index is 812. The van der Waals surface area contributed by atoms with Gasteiger partial charge in [-0.2, -0.15) is 0 Å². The first-order chi connectivity index (χ1) is 14.1. The SMILES string of the molecule is CN=C(NCCS(=O)c1ccccc1)NC1CCN(Cc2ccc(F)cc2)CC1.I. The van der Waals surface area contributed by atoms with Crippen LogP contribution in [-0.4, -0.2) is 53.5 Å². The van der Waals surface area contributed by atoms with Crippen molar-refractivity contribution in [2.75, 3.05) is 32.4 Å². The van der Waals surface area contributed by atoms with E-state index < -0.39 is 10.8 Å². The summed E-state index contributed by atoms with van der Waals surface area (Å²) in [6.45, 7) is 3.43. The van der Waals surface area contributed by atoms with Crippen LogP contribution in [-0.2, 0) is 17.3 Å². The van der Waals surface area contributed by atoms with Crippen LogP contribution < -0.4 is 10.6 Å². The Morgan fingerprint density at radius 3 is 2.43 bits per heavy atom. The zero-order chi connectivity index (χ0) is 20.5. The largest absolute Gasteiger partial charge is 0.355 e. The molecule has 5 nitrogen and oxygen atoms in total. The van der Waals surface area contributed by atoms with Crippen LogP contribution in [0.4, 0.5) is 4.39 Å². The summed E-state index contributed by atoms with van der Waals surface area (Å²) in [7, 11) is 0.747. The Morgan fingerprint density at radius 1 is 1.13 bits per heavy atom. The van der Waals surface area contributed by atoms with Crippen LogP contribution in [0.2, 0.25) is 0 Å². The van der Waals surface area contributed by atoms with Gasteiger partial charge in [-0.05, 0) is 42.7 Å². The van der Waals surface area contributed by atoms with E-state index in [1.165, 1.54) is 12.1 Å². The number of nitrogens with zero attached hydrogens (tertiary/aromatic N) is 2. The molecule has 0 spiro atoms. The standard InChI is InChI=1S/C22H29FN4OS.HI/c1-24-22(25-13-16-29(28)21-5-3-2-4-6-21)26-20-11-14-27(15-12-20)17-18-7-9-19(23)10-8-18;/h2-10,20H,11-17H2,1H3,(H2,24,25,26);1H. The van der Waals surface area contributed by atoms with Gasteiger partial charge in [0.2, 0.25) is 0 Å². The van der Waals surface area contributed by atoms with Crippen molar-refractivity contribution < 1.29 is 8.60 Å². The number of halogens is 2. The number of aliphatic imine (C=N–C) groups is 1. The Kier molecular flexibility index (Phi) is 10.7. The number of benzene rings is 2. The molecule has 8 heteroatoms. The van der Waals surface area contributed by atoms with Crippen molar-refractivity contribution in [3.05, 3.63) is 66.0 Å². The minimum absolute atomic E-state index is 0. The smallest absolute Gasteiger partial charge is 0.191 e. The summed E-state index contributed by atoms with van der Waals surface area (Å²) < 4.78 is 25.3. The molecule has 1 unspecified atom stereocenters. The highest BCUT2D eigenvalue weighted by Gasteiger charge is 2.20. The molecule has 1 atom stereocenters. The van der Waals surface area contributed by atoms with E-state index in [1.54, 1.807) is 7.05 Å². The van der Waals surface area contributed by atoms with Crippen LogP contribution in [0, 0.1) is 5.82 Å². The molecule has 0 aliphatic carbocycles. The summed E-state index contributed by atoms with van der Waals surface area (Å²) in [6, 6.07) is 16.6. The topological polar surface area (TPSA) is 56.7 Å². The predicted octanol–water partition coefficient (Wildman–Crippen LogP) is 3.38. The average molecular weight is 544 g/mol. The first kappa shape index (κ1) is 24.7. The Hall–Kier alpha value is -1.52. The second-order valence-corrected chi connectivity index (χ2v) is 8.75. The third-order valence-corrected chi connectivity index (χ3v) is 6.43. The molecule has 1 aliphatic heterocycles. The van der Waals surface area contributed by atoms with Gasteiger partial charge in [-0.3, -0.25) is 14.1 Å². The minimum atomic E-state index is -1.01. The van der Waals surface area contributed by atoms with Gasteiger partial charge < -0.3 is 10.6 Å². The molecular formula is C22H30FIN4OS. The summed E-state index contributed by atoms with van der Waals surface area (Å²) in [5.41, 5.74) is 1.14. The molecule has 1 saturated heterocycles. The van der Waals surface area contributed by atoms with E-state index in [9.17, 15) is 8.60 Å². The van der Waals surface area contributed by atoms with E-state index in [1.807, 2.05) is 42.5 Å². The number of nitrogens with one attached hydrogen (secondary N) is 2. The highest BCUT2D eigenvalue weighted by molar-refractivity contribution is 14.0. The predicted molar refractivity (Wildman–Crippen MR) is 132 cm³/mol. The lowest BCUT2D eigenvalue weighted by Gasteiger charge is -2.33. The van der Waals surface area contributed by atoms with Gasteiger partial charge in [0.05, 0.1) is 10.8 Å². The van der Waals surface area contributed by atoms with Gasteiger partial charge in [0.1, 0.15) is 5.82 Å². The van der Waals surface area contributed by atoms with E-state index in [0.29, 0.717) is 18.3 Å². The van der Waals surface area contributed by atoms with Crippen molar-refractivity contribution in [3.63, 3.8) is 0 Å². The van der Waals surface area contributed by atoms with Crippen molar-refractivity contribution >= 4 is 40.7 Å². The number of hydrogen-bond donors (Lipinski definition) is 2. The fourth-order valence-electron chi connectivity index (χ4n) is 3.42. The minimum Gasteiger partial charge on any atom is -0.355 e. The molecule has 1 fully saturated rings. The molecule has 0 bridgehead atoms. The third-order valence-electron chi connectivity index (χ3n) is 5.06. The van der Waals surface area contributed by atoms with Gasteiger partial charge in [-0.25, -0.2) is 4.39 Å². The maximum Gasteiger partial charge on any atom is 0.191 e. The fourth-order valence-corrected chi connectivity index (χ4v) is 4.41. The first-order valence-corrected chi connectivity index (χ1v) is 11.3. The molecular weight excluding hydrogens is 514 g/mol. The molecule has 1 heterocycles. The molecule has 2 aromatic carbocycles. The molecule has 164 valence electrons. The summed E-state index contributed by atoms with van der Waals surface area (Å²) in [5.74, 6) is 1.11. The molecule has 3 rings (SSSR count). The van der Waals surface area contributed by atoms with E-state index in [-0.39, 0.29) is 29.8 Å². The van der Waals surface area contributed by atoms with Gasteiger partial charge in [0, 0.05) is 49.9 Å². The maximum atomic E-state index is 13.0. The Morgan fingerprint density at radius 2 is 1.80 bits per heavy atom. The molecule has 30 heavy (non-hydrogen) atoms. The molecule has 1 aliphatic rings. The van der Waals surface area contributed by atoms with E-state index in [4.69, 9.17) is 0 Å². The monoisotopic (exact) mass is 544 g/mol. The molecule has 0 amide bonds. The third kappa shape index (κ3) is 7.96. The fraction of sp³-hybridized carbons (Fsp3) is 0.409. The summed E-state index contributed by atoms with van der Waals surface area (Å²) in [5, 5.41) is 6.75. The van der Waals surface area contributed by atoms with Gasteiger partial charge in [0.15, 0.2) is 5.96 Å². The highest BCUT2D eigenvalue weighted by Crippen LogP contribution is 2.14. The van der Waals surface area contributed by atoms with Crippen LogP contribution in [0.1, 0.15) is 18.4 Å². The van der Waals surface area contributed by atoms with E-state index >= 15 is 0 Å². The van der Waals surface area contributed by atoms with Crippen LogP contribution in [0.25, 0.3) is 0 Å². The number of rotatable bonds is 7. The average Bonchev–Trinajstić information content (AvgIpc) is 2.76. The van der Waals surface area contributed by atoms with Crippen molar-refractivity contribution in [3.8, 4) is 0 Å².